The van der Waals surface area contributed by atoms with Crippen LogP contribution in [0.5, 0.6) is 0 Å². The molecule has 0 radical (unpaired) electrons. The van der Waals surface area contributed by atoms with Gasteiger partial charge in [0.1, 0.15) is 0 Å². The fraction of sp³-hybridized carbons (Fsp3) is 0.667. The van der Waals surface area contributed by atoms with E-state index in [-0.39, 0.29) is 28.8 Å². The molecule has 4 saturated carbocycles. The lowest BCUT2D eigenvalue weighted by Crippen LogP contribution is -2.66. The van der Waals surface area contributed by atoms with E-state index in [1.165, 1.54) is 6.42 Å². The minimum absolute atomic E-state index is 0.0334. The van der Waals surface area contributed by atoms with Crippen LogP contribution in [-0.2, 0) is 16.0 Å². The second-order valence-electron chi connectivity index (χ2n) is 9.10. The molecule has 1 aromatic rings. The Morgan fingerprint density at radius 1 is 1.23 bits per heavy atom. The molecule has 5 rings (SSSR count). The van der Waals surface area contributed by atoms with E-state index in [2.05, 4.69) is 22.5 Å². The fourth-order valence-electron chi connectivity index (χ4n) is 6.31. The SMILES string of the molecule is CC(=O)NC12C[C@H]3C[C@@H](C1)CC(C(=O)N[C@H](C)Cc1ccccn1)(C3)C2. The van der Waals surface area contributed by atoms with Crippen molar-refractivity contribution in [3.05, 3.63) is 30.1 Å². The van der Waals surface area contributed by atoms with Crippen molar-refractivity contribution >= 4 is 11.8 Å². The predicted molar refractivity (Wildman–Crippen MR) is 99.2 cm³/mol. The molecule has 2 amide bonds. The molecule has 4 bridgehead atoms. The summed E-state index contributed by atoms with van der Waals surface area (Å²) in [7, 11) is 0. The zero-order valence-electron chi connectivity index (χ0n) is 15.8. The topological polar surface area (TPSA) is 71.1 Å². The normalized spacial score (nSPS) is 35.8. The molecule has 1 heterocycles. The number of rotatable bonds is 5. The third kappa shape index (κ3) is 3.24. The van der Waals surface area contributed by atoms with E-state index in [1.54, 1.807) is 13.1 Å². The number of nitrogens with one attached hydrogen (secondary N) is 2. The highest BCUT2D eigenvalue weighted by Gasteiger charge is 2.60. The van der Waals surface area contributed by atoms with Crippen LogP contribution >= 0.6 is 0 Å². The van der Waals surface area contributed by atoms with Crippen LogP contribution in [0.4, 0.5) is 0 Å². The summed E-state index contributed by atoms with van der Waals surface area (Å²) in [6.07, 6.45) is 8.60. The molecule has 0 saturated heterocycles. The van der Waals surface area contributed by atoms with Gasteiger partial charge in [0.2, 0.25) is 11.8 Å². The maximum Gasteiger partial charge on any atom is 0.226 e. The van der Waals surface area contributed by atoms with Crippen molar-refractivity contribution in [2.45, 2.75) is 70.4 Å². The third-order valence-corrected chi connectivity index (χ3v) is 6.60. The van der Waals surface area contributed by atoms with Gasteiger partial charge in [-0.25, -0.2) is 0 Å². The van der Waals surface area contributed by atoms with E-state index in [4.69, 9.17) is 0 Å². The number of hydrogen-bond donors (Lipinski definition) is 2. The maximum absolute atomic E-state index is 13.3. The number of hydrogen-bond acceptors (Lipinski definition) is 3. The lowest BCUT2D eigenvalue weighted by Gasteiger charge is -2.61. The van der Waals surface area contributed by atoms with Crippen LogP contribution in [0, 0.1) is 17.3 Å². The monoisotopic (exact) mass is 355 g/mol. The van der Waals surface area contributed by atoms with Gasteiger partial charge in [0.25, 0.3) is 0 Å². The summed E-state index contributed by atoms with van der Waals surface area (Å²) < 4.78 is 0. The van der Waals surface area contributed by atoms with E-state index < -0.39 is 0 Å². The standard InChI is InChI=1S/C21H29N3O2/c1-14(7-18-5-3-4-6-22-18)23-19(26)20-9-16-8-17(10-20)12-21(11-16,13-20)24-15(2)25/h3-6,14,16-17H,7-13H2,1-2H3,(H,23,26)(H,24,25)/t14-,16-,17+,20?,21?/m1/s1. The van der Waals surface area contributed by atoms with Gasteiger partial charge in [-0.2, -0.15) is 0 Å². The van der Waals surface area contributed by atoms with Crippen molar-refractivity contribution in [2.24, 2.45) is 17.3 Å². The molecule has 2 unspecified atom stereocenters. The summed E-state index contributed by atoms with van der Waals surface area (Å²) in [6.45, 7) is 3.65. The average molecular weight is 355 g/mol. The van der Waals surface area contributed by atoms with Crippen LogP contribution in [0.3, 0.4) is 0 Å². The lowest BCUT2D eigenvalue weighted by molar-refractivity contribution is -0.153. The van der Waals surface area contributed by atoms with Crippen LogP contribution < -0.4 is 10.6 Å². The summed E-state index contributed by atoms with van der Waals surface area (Å²) >= 11 is 0. The quantitative estimate of drug-likeness (QED) is 0.853. The van der Waals surface area contributed by atoms with E-state index in [0.29, 0.717) is 11.8 Å². The molecular weight excluding hydrogens is 326 g/mol. The smallest absolute Gasteiger partial charge is 0.226 e. The van der Waals surface area contributed by atoms with Crippen molar-refractivity contribution in [2.75, 3.05) is 0 Å². The van der Waals surface area contributed by atoms with Crippen LogP contribution in [-0.4, -0.2) is 28.4 Å². The van der Waals surface area contributed by atoms with Crippen molar-refractivity contribution in [1.29, 1.82) is 0 Å². The molecule has 1 aromatic heterocycles. The molecule has 5 atom stereocenters. The largest absolute Gasteiger partial charge is 0.353 e. The number of nitrogens with zero attached hydrogens (tertiary/aromatic N) is 1. The van der Waals surface area contributed by atoms with E-state index >= 15 is 0 Å². The van der Waals surface area contributed by atoms with Gasteiger partial charge in [0.05, 0.1) is 5.41 Å². The molecule has 2 N–H and O–H groups in total. The maximum atomic E-state index is 13.3. The number of amides is 2. The molecule has 26 heavy (non-hydrogen) atoms. The third-order valence-electron chi connectivity index (χ3n) is 6.60. The van der Waals surface area contributed by atoms with E-state index in [1.807, 2.05) is 18.2 Å². The van der Waals surface area contributed by atoms with Gasteiger partial charge < -0.3 is 10.6 Å². The van der Waals surface area contributed by atoms with Crippen LogP contribution in [0.1, 0.15) is 58.1 Å². The second-order valence-corrected chi connectivity index (χ2v) is 9.10. The molecule has 5 heteroatoms. The first-order valence-corrected chi connectivity index (χ1v) is 9.88. The Kier molecular flexibility index (Phi) is 4.28. The Labute approximate surface area is 155 Å². The molecule has 140 valence electrons. The Bertz CT molecular complexity index is 688. The zero-order chi connectivity index (χ0) is 18.4. The van der Waals surface area contributed by atoms with Crippen LogP contribution in [0.15, 0.2) is 24.4 Å². The fourth-order valence-corrected chi connectivity index (χ4v) is 6.31. The molecule has 0 aromatic carbocycles. The number of pyridine rings is 1. The van der Waals surface area contributed by atoms with Gasteiger partial charge in [-0.3, -0.25) is 14.6 Å². The van der Waals surface area contributed by atoms with Crippen molar-refractivity contribution in [1.82, 2.24) is 15.6 Å². The molecule has 4 aliphatic carbocycles. The van der Waals surface area contributed by atoms with Crippen molar-refractivity contribution in [3.8, 4) is 0 Å². The first-order chi connectivity index (χ1) is 12.4. The highest BCUT2D eigenvalue weighted by Crippen LogP contribution is 2.61. The molecule has 5 nitrogen and oxygen atoms in total. The lowest BCUT2D eigenvalue weighted by atomic mass is 9.46. The summed E-state index contributed by atoms with van der Waals surface area (Å²) in [4.78, 5) is 29.4. The highest BCUT2D eigenvalue weighted by molar-refractivity contribution is 5.84. The Balaban J connectivity index is 1.47. The van der Waals surface area contributed by atoms with Crippen LogP contribution in [0.2, 0.25) is 0 Å². The zero-order valence-corrected chi connectivity index (χ0v) is 15.8. The van der Waals surface area contributed by atoms with Crippen molar-refractivity contribution in [3.63, 3.8) is 0 Å². The average Bonchev–Trinajstić information content (AvgIpc) is 2.53. The molecule has 0 aliphatic heterocycles. The van der Waals surface area contributed by atoms with Crippen molar-refractivity contribution < 1.29 is 9.59 Å². The minimum Gasteiger partial charge on any atom is -0.353 e. The summed E-state index contributed by atoms with van der Waals surface area (Å²) in [5.74, 6) is 1.36. The number of carbonyl (C=O) groups excluding carboxylic acids is 2. The van der Waals surface area contributed by atoms with Crippen LogP contribution in [0.25, 0.3) is 0 Å². The van der Waals surface area contributed by atoms with E-state index in [9.17, 15) is 9.59 Å². The Hall–Kier alpha value is -1.91. The summed E-state index contributed by atoms with van der Waals surface area (Å²) in [5, 5.41) is 6.50. The summed E-state index contributed by atoms with van der Waals surface area (Å²) in [5.41, 5.74) is 0.545. The molecular formula is C21H29N3O2. The van der Waals surface area contributed by atoms with Gasteiger partial charge in [0, 0.05) is 36.8 Å². The molecule has 4 fully saturated rings. The van der Waals surface area contributed by atoms with Gasteiger partial charge in [0.15, 0.2) is 0 Å². The van der Waals surface area contributed by atoms with Gasteiger partial charge in [-0.05, 0) is 69.4 Å². The Morgan fingerprint density at radius 3 is 2.58 bits per heavy atom. The predicted octanol–water partition coefficient (Wildman–Crippen LogP) is 2.60. The first kappa shape index (κ1) is 17.5. The molecule has 4 aliphatic rings. The van der Waals surface area contributed by atoms with E-state index in [0.717, 1.165) is 44.2 Å². The highest BCUT2D eigenvalue weighted by atomic mass is 16.2. The number of carbonyl (C=O) groups is 2. The second kappa shape index (κ2) is 6.36. The first-order valence-electron chi connectivity index (χ1n) is 9.88. The summed E-state index contributed by atoms with van der Waals surface area (Å²) in [6, 6.07) is 5.94. The Morgan fingerprint density at radius 2 is 1.96 bits per heavy atom. The number of aromatic nitrogens is 1. The van der Waals surface area contributed by atoms with Gasteiger partial charge >= 0.3 is 0 Å². The minimum atomic E-state index is -0.301. The molecule has 0 spiro atoms. The van der Waals surface area contributed by atoms with Gasteiger partial charge in [-0.15, -0.1) is 0 Å². The van der Waals surface area contributed by atoms with Gasteiger partial charge in [-0.1, -0.05) is 6.07 Å².